The number of hydrogen-bond donors (Lipinski definition) is 2. The Balaban J connectivity index is 1.86. The number of nitrogens with one attached hydrogen (secondary N) is 2. The highest BCUT2D eigenvalue weighted by Gasteiger charge is 2.29. The lowest BCUT2D eigenvalue weighted by Crippen LogP contribution is -2.47. The monoisotopic (exact) mass is 304 g/mol. The lowest BCUT2D eigenvalue weighted by atomic mass is 10.1. The summed E-state index contributed by atoms with van der Waals surface area (Å²) >= 11 is -0.129. The summed E-state index contributed by atoms with van der Waals surface area (Å²) < 4.78 is 36.5. The Morgan fingerprint density at radius 3 is 2.60 bits per heavy atom. The van der Waals surface area contributed by atoms with Gasteiger partial charge in [-0.1, -0.05) is 12.1 Å². The van der Waals surface area contributed by atoms with Crippen LogP contribution in [0.15, 0.2) is 29.2 Å². The van der Waals surface area contributed by atoms with Crippen molar-refractivity contribution in [3.63, 3.8) is 0 Å². The van der Waals surface area contributed by atoms with Gasteiger partial charge < -0.3 is 10.6 Å². The molecule has 1 amide bonds. The molecule has 2 rings (SSSR count). The van der Waals surface area contributed by atoms with Crippen molar-refractivity contribution in [1.82, 2.24) is 10.6 Å². The first-order valence-corrected chi connectivity index (χ1v) is 7.11. The van der Waals surface area contributed by atoms with Crippen molar-refractivity contribution in [2.24, 2.45) is 0 Å². The molecule has 0 aliphatic carbocycles. The molecule has 1 aromatic rings. The maximum absolute atomic E-state index is 12.2. The van der Waals surface area contributed by atoms with E-state index >= 15 is 0 Å². The molecule has 1 unspecified atom stereocenters. The molecule has 1 aliphatic heterocycles. The number of piperidine rings is 1. The van der Waals surface area contributed by atoms with Crippen LogP contribution in [-0.4, -0.2) is 24.0 Å². The summed E-state index contributed by atoms with van der Waals surface area (Å²) in [5.74, 6) is -0.0134. The lowest BCUT2D eigenvalue weighted by molar-refractivity contribution is -0.124. The van der Waals surface area contributed by atoms with E-state index in [0.717, 1.165) is 18.4 Å². The fourth-order valence-corrected chi connectivity index (χ4v) is 2.56. The Morgan fingerprint density at radius 2 is 2.00 bits per heavy atom. The molecule has 20 heavy (non-hydrogen) atoms. The molecule has 0 spiro atoms. The molecule has 0 saturated carbocycles. The third-order valence-electron chi connectivity index (χ3n) is 2.99. The minimum absolute atomic E-state index is 0.0134. The summed E-state index contributed by atoms with van der Waals surface area (Å²) in [5.41, 5.74) is -3.41. The molecule has 1 heterocycles. The summed E-state index contributed by atoms with van der Waals surface area (Å²) in [6.07, 6.45) is 1.72. The van der Waals surface area contributed by atoms with Crippen LogP contribution in [0.2, 0.25) is 0 Å². The van der Waals surface area contributed by atoms with E-state index in [0.29, 0.717) is 13.1 Å². The van der Waals surface area contributed by atoms with Crippen molar-refractivity contribution < 1.29 is 18.0 Å². The average molecular weight is 304 g/mol. The molecule has 1 aliphatic rings. The fraction of sp³-hybridized carbons (Fsp3) is 0.462. The molecule has 7 heteroatoms. The second kappa shape index (κ2) is 6.49. The normalized spacial score (nSPS) is 19.8. The molecule has 1 fully saturated rings. The van der Waals surface area contributed by atoms with Crippen LogP contribution < -0.4 is 10.6 Å². The van der Waals surface area contributed by atoms with E-state index in [4.69, 9.17) is 0 Å². The van der Waals surface area contributed by atoms with E-state index in [1.165, 1.54) is 12.1 Å². The molecule has 0 aromatic heterocycles. The zero-order chi connectivity index (χ0) is 14.6. The SMILES string of the molecule is O=C1NCCCC1NCc1ccc(SC(F)(F)F)cc1. The van der Waals surface area contributed by atoms with Gasteiger partial charge in [-0.15, -0.1) is 0 Å². The zero-order valence-corrected chi connectivity index (χ0v) is 11.5. The second-order valence-electron chi connectivity index (χ2n) is 4.56. The van der Waals surface area contributed by atoms with E-state index in [1.807, 2.05) is 0 Å². The van der Waals surface area contributed by atoms with Crippen LogP contribution in [0, 0.1) is 0 Å². The third-order valence-corrected chi connectivity index (χ3v) is 3.73. The summed E-state index contributed by atoms with van der Waals surface area (Å²) in [6.45, 7) is 1.18. The van der Waals surface area contributed by atoms with E-state index < -0.39 is 5.51 Å². The first kappa shape index (κ1) is 15.2. The van der Waals surface area contributed by atoms with Crippen LogP contribution in [0.1, 0.15) is 18.4 Å². The number of hydrogen-bond acceptors (Lipinski definition) is 3. The van der Waals surface area contributed by atoms with Crippen molar-refractivity contribution in [3.05, 3.63) is 29.8 Å². The van der Waals surface area contributed by atoms with Crippen LogP contribution in [0.25, 0.3) is 0 Å². The Hall–Kier alpha value is -1.21. The van der Waals surface area contributed by atoms with Gasteiger partial charge in [-0.05, 0) is 42.3 Å². The molecular weight excluding hydrogens is 289 g/mol. The smallest absolute Gasteiger partial charge is 0.355 e. The highest BCUT2D eigenvalue weighted by atomic mass is 32.2. The molecule has 0 radical (unpaired) electrons. The summed E-state index contributed by atoms with van der Waals surface area (Å²) in [6, 6.07) is 5.95. The molecule has 1 atom stereocenters. The quantitative estimate of drug-likeness (QED) is 0.840. The third kappa shape index (κ3) is 4.72. The highest BCUT2D eigenvalue weighted by molar-refractivity contribution is 8.00. The highest BCUT2D eigenvalue weighted by Crippen LogP contribution is 2.36. The van der Waals surface area contributed by atoms with Crippen LogP contribution in [0.3, 0.4) is 0 Å². The predicted molar refractivity (Wildman–Crippen MR) is 71.2 cm³/mol. The minimum atomic E-state index is -4.26. The first-order chi connectivity index (χ1) is 9.44. The standard InChI is InChI=1S/C13H15F3N2OS/c14-13(15,16)20-10-5-3-9(4-6-10)8-18-11-2-1-7-17-12(11)19/h3-6,11,18H,1-2,7-8H2,(H,17,19). The van der Waals surface area contributed by atoms with Crippen LogP contribution >= 0.6 is 11.8 Å². The van der Waals surface area contributed by atoms with Crippen molar-refractivity contribution in [2.45, 2.75) is 35.8 Å². The van der Waals surface area contributed by atoms with Gasteiger partial charge in [0.25, 0.3) is 0 Å². The number of rotatable bonds is 4. The molecular formula is C13H15F3N2OS. The Morgan fingerprint density at radius 1 is 1.30 bits per heavy atom. The number of carbonyl (C=O) groups excluding carboxylic acids is 1. The summed E-state index contributed by atoms with van der Waals surface area (Å²) in [7, 11) is 0. The average Bonchev–Trinajstić information content (AvgIpc) is 2.38. The maximum atomic E-state index is 12.2. The van der Waals surface area contributed by atoms with Gasteiger partial charge in [0.2, 0.25) is 5.91 Å². The van der Waals surface area contributed by atoms with Gasteiger partial charge in [-0.2, -0.15) is 13.2 Å². The van der Waals surface area contributed by atoms with E-state index in [2.05, 4.69) is 10.6 Å². The van der Waals surface area contributed by atoms with Crippen LogP contribution in [0.5, 0.6) is 0 Å². The first-order valence-electron chi connectivity index (χ1n) is 6.30. The molecule has 3 nitrogen and oxygen atoms in total. The van der Waals surface area contributed by atoms with Crippen LogP contribution in [-0.2, 0) is 11.3 Å². The molecule has 0 bridgehead atoms. The number of benzene rings is 1. The van der Waals surface area contributed by atoms with E-state index in [-0.39, 0.29) is 28.6 Å². The van der Waals surface area contributed by atoms with Gasteiger partial charge in [-0.3, -0.25) is 4.79 Å². The Labute approximate surface area is 119 Å². The topological polar surface area (TPSA) is 41.1 Å². The van der Waals surface area contributed by atoms with Crippen molar-refractivity contribution >= 4 is 17.7 Å². The number of thioether (sulfide) groups is 1. The Kier molecular flexibility index (Phi) is 4.93. The zero-order valence-electron chi connectivity index (χ0n) is 10.7. The molecule has 2 N–H and O–H groups in total. The van der Waals surface area contributed by atoms with Gasteiger partial charge >= 0.3 is 5.51 Å². The maximum Gasteiger partial charge on any atom is 0.446 e. The van der Waals surface area contributed by atoms with Gasteiger partial charge in [0.1, 0.15) is 0 Å². The van der Waals surface area contributed by atoms with Crippen molar-refractivity contribution in [3.8, 4) is 0 Å². The summed E-state index contributed by atoms with van der Waals surface area (Å²) in [4.78, 5) is 11.7. The summed E-state index contributed by atoms with van der Waals surface area (Å²) in [5, 5.41) is 5.89. The molecule has 1 aromatic carbocycles. The largest absolute Gasteiger partial charge is 0.446 e. The Bertz CT molecular complexity index is 462. The lowest BCUT2D eigenvalue weighted by Gasteiger charge is -2.22. The molecule has 110 valence electrons. The van der Waals surface area contributed by atoms with Gasteiger partial charge in [0.05, 0.1) is 6.04 Å². The van der Waals surface area contributed by atoms with Crippen molar-refractivity contribution in [2.75, 3.05) is 6.54 Å². The number of alkyl halides is 3. The second-order valence-corrected chi connectivity index (χ2v) is 5.70. The van der Waals surface area contributed by atoms with E-state index in [1.54, 1.807) is 12.1 Å². The van der Waals surface area contributed by atoms with Gasteiger partial charge in [0.15, 0.2) is 0 Å². The number of amides is 1. The molecule has 1 saturated heterocycles. The minimum Gasteiger partial charge on any atom is -0.355 e. The van der Waals surface area contributed by atoms with E-state index in [9.17, 15) is 18.0 Å². The van der Waals surface area contributed by atoms with Crippen LogP contribution in [0.4, 0.5) is 13.2 Å². The predicted octanol–water partition coefficient (Wildman–Crippen LogP) is 2.67. The number of halogens is 3. The van der Waals surface area contributed by atoms with Gasteiger partial charge in [-0.25, -0.2) is 0 Å². The fourth-order valence-electron chi connectivity index (χ4n) is 2.02. The number of carbonyl (C=O) groups is 1. The van der Waals surface area contributed by atoms with Crippen molar-refractivity contribution in [1.29, 1.82) is 0 Å². The van der Waals surface area contributed by atoms with Gasteiger partial charge in [0, 0.05) is 18.0 Å².